The quantitative estimate of drug-likeness (QED) is 0.872. The Balaban J connectivity index is 2.06. The van der Waals surface area contributed by atoms with Gasteiger partial charge < -0.3 is 10.5 Å². The van der Waals surface area contributed by atoms with Crippen LogP contribution in [0.25, 0.3) is 0 Å². The highest BCUT2D eigenvalue weighted by Crippen LogP contribution is 2.19. The second-order valence-corrected chi connectivity index (χ2v) is 4.59. The second-order valence-electron chi connectivity index (χ2n) is 4.59. The zero-order valence-electron chi connectivity index (χ0n) is 10.2. The normalized spacial score (nSPS) is 21.5. The first-order valence-corrected chi connectivity index (χ1v) is 5.99. The van der Waals surface area contributed by atoms with Crippen molar-refractivity contribution >= 4 is 0 Å². The van der Waals surface area contributed by atoms with Gasteiger partial charge in [-0.1, -0.05) is 0 Å². The van der Waals surface area contributed by atoms with Gasteiger partial charge in [0.05, 0.1) is 7.11 Å². The summed E-state index contributed by atoms with van der Waals surface area (Å²) in [5, 5.41) is 0. The smallest absolute Gasteiger partial charge is 0.127 e. The molecule has 2 N–H and O–H groups in total. The van der Waals surface area contributed by atoms with Crippen molar-refractivity contribution in [3.05, 3.63) is 29.6 Å². The molecule has 1 heterocycles. The van der Waals surface area contributed by atoms with Gasteiger partial charge in [-0.3, -0.25) is 4.90 Å². The predicted molar refractivity (Wildman–Crippen MR) is 65.4 cm³/mol. The Morgan fingerprint density at radius 3 is 3.06 bits per heavy atom. The van der Waals surface area contributed by atoms with Crippen LogP contribution in [0.3, 0.4) is 0 Å². The van der Waals surface area contributed by atoms with Gasteiger partial charge in [0.2, 0.25) is 0 Å². The molecule has 0 spiro atoms. The summed E-state index contributed by atoms with van der Waals surface area (Å²) in [7, 11) is 1.59. The van der Waals surface area contributed by atoms with Crippen LogP contribution in [-0.4, -0.2) is 31.1 Å². The van der Waals surface area contributed by atoms with Gasteiger partial charge in [-0.25, -0.2) is 4.39 Å². The van der Waals surface area contributed by atoms with Crippen LogP contribution >= 0.6 is 0 Å². The summed E-state index contributed by atoms with van der Waals surface area (Å²) >= 11 is 0. The maximum Gasteiger partial charge on any atom is 0.127 e. The summed E-state index contributed by atoms with van der Waals surface area (Å²) in [6.07, 6.45) is 2.16. The molecule has 4 heteroatoms. The molecule has 2 rings (SSSR count). The molecule has 1 aromatic rings. The van der Waals surface area contributed by atoms with Crippen LogP contribution in [0, 0.1) is 5.82 Å². The lowest BCUT2D eigenvalue weighted by Gasteiger charge is -2.30. The van der Waals surface area contributed by atoms with Crippen LogP contribution in [0.4, 0.5) is 4.39 Å². The van der Waals surface area contributed by atoms with Crippen molar-refractivity contribution in [2.75, 3.05) is 20.2 Å². The summed E-state index contributed by atoms with van der Waals surface area (Å²) < 4.78 is 18.8. The summed E-state index contributed by atoms with van der Waals surface area (Å²) in [6, 6.07) is 5.08. The number of piperidine rings is 1. The second kappa shape index (κ2) is 5.47. The molecule has 1 saturated heterocycles. The Bertz CT molecular complexity index is 384. The first kappa shape index (κ1) is 12.3. The zero-order chi connectivity index (χ0) is 12.3. The van der Waals surface area contributed by atoms with E-state index in [1.807, 2.05) is 0 Å². The van der Waals surface area contributed by atoms with Crippen molar-refractivity contribution in [1.82, 2.24) is 4.90 Å². The molecule has 1 aliphatic heterocycles. The van der Waals surface area contributed by atoms with Gasteiger partial charge in [0.1, 0.15) is 11.6 Å². The van der Waals surface area contributed by atoms with Crippen LogP contribution in [0.15, 0.2) is 18.2 Å². The van der Waals surface area contributed by atoms with Crippen molar-refractivity contribution in [3.8, 4) is 5.75 Å². The van der Waals surface area contributed by atoms with E-state index in [0.717, 1.165) is 25.9 Å². The topological polar surface area (TPSA) is 38.5 Å². The molecule has 1 unspecified atom stereocenters. The summed E-state index contributed by atoms with van der Waals surface area (Å²) in [5.74, 6) is 0.521. The molecule has 1 aliphatic rings. The monoisotopic (exact) mass is 238 g/mol. The van der Waals surface area contributed by atoms with E-state index in [2.05, 4.69) is 4.90 Å². The minimum atomic E-state index is -0.176. The van der Waals surface area contributed by atoms with Crippen molar-refractivity contribution < 1.29 is 9.13 Å². The predicted octanol–water partition coefficient (Wildman–Crippen LogP) is 1.76. The molecule has 0 bridgehead atoms. The Hall–Kier alpha value is -1.13. The third-order valence-electron chi connectivity index (χ3n) is 3.19. The fraction of sp³-hybridized carbons (Fsp3) is 0.538. The largest absolute Gasteiger partial charge is 0.497 e. The molecule has 0 saturated carbocycles. The van der Waals surface area contributed by atoms with Gasteiger partial charge in [-0.05, 0) is 37.6 Å². The van der Waals surface area contributed by atoms with Gasteiger partial charge >= 0.3 is 0 Å². The third kappa shape index (κ3) is 3.17. The summed E-state index contributed by atoms with van der Waals surface area (Å²) in [6.45, 7) is 2.44. The Kier molecular flexibility index (Phi) is 3.97. The van der Waals surface area contributed by atoms with Gasteiger partial charge in [0, 0.05) is 24.7 Å². The lowest BCUT2D eigenvalue weighted by atomic mass is 10.1. The van der Waals surface area contributed by atoms with E-state index < -0.39 is 0 Å². The molecule has 1 aromatic carbocycles. The van der Waals surface area contributed by atoms with E-state index in [4.69, 9.17) is 10.5 Å². The molecule has 3 nitrogen and oxygen atoms in total. The third-order valence-corrected chi connectivity index (χ3v) is 3.19. The highest BCUT2D eigenvalue weighted by molar-refractivity contribution is 5.29. The fourth-order valence-corrected chi connectivity index (χ4v) is 2.28. The summed E-state index contributed by atoms with van der Waals surface area (Å²) in [5.41, 5.74) is 6.59. The number of hydrogen-bond donors (Lipinski definition) is 1. The molecule has 0 aliphatic carbocycles. The number of halogens is 1. The van der Waals surface area contributed by atoms with E-state index in [-0.39, 0.29) is 11.9 Å². The maximum absolute atomic E-state index is 13.6. The molecular formula is C13H19FN2O. The molecule has 0 amide bonds. The number of nitrogens with zero attached hydrogens (tertiary/aromatic N) is 1. The van der Waals surface area contributed by atoms with Gasteiger partial charge in [-0.15, -0.1) is 0 Å². The zero-order valence-corrected chi connectivity index (χ0v) is 10.2. The molecule has 1 fully saturated rings. The van der Waals surface area contributed by atoms with E-state index in [1.165, 1.54) is 6.07 Å². The molecular weight excluding hydrogens is 219 g/mol. The van der Waals surface area contributed by atoms with Crippen molar-refractivity contribution in [3.63, 3.8) is 0 Å². The Labute approximate surface area is 101 Å². The maximum atomic E-state index is 13.6. The van der Waals surface area contributed by atoms with Crippen molar-refractivity contribution in [1.29, 1.82) is 0 Å². The fourth-order valence-electron chi connectivity index (χ4n) is 2.28. The number of rotatable bonds is 3. The Morgan fingerprint density at radius 2 is 2.35 bits per heavy atom. The first-order chi connectivity index (χ1) is 8.19. The van der Waals surface area contributed by atoms with Crippen LogP contribution in [0.2, 0.25) is 0 Å². The van der Waals surface area contributed by atoms with Gasteiger partial charge in [-0.2, -0.15) is 0 Å². The number of likely N-dealkylation sites (tertiary alicyclic amines) is 1. The lowest BCUT2D eigenvalue weighted by Crippen LogP contribution is -2.42. The minimum Gasteiger partial charge on any atom is -0.497 e. The SMILES string of the molecule is COc1ccc(F)c(CN2CCCC(N)C2)c1. The highest BCUT2D eigenvalue weighted by Gasteiger charge is 2.18. The Morgan fingerprint density at radius 1 is 1.53 bits per heavy atom. The molecule has 17 heavy (non-hydrogen) atoms. The number of hydrogen-bond acceptors (Lipinski definition) is 3. The number of benzene rings is 1. The van der Waals surface area contributed by atoms with Gasteiger partial charge in [0.15, 0.2) is 0 Å². The van der Waals surface area contributed by atoms with Gasteiger partial charge in [0.25, 0.3) is 0 Å². The first-order valence-electron chi connectivity index (χ1n) is 5.99. The standard InChI is InChI=1S/C13H19FN2O/c1-17-12-4-5-13(14)10(7-12)8-16-6-2-3-11(15)9-16/h4-5,7,11H,2-3,6,8-9,15H2,1H3. The number of ether oxygens (including phenoxy) is 1. The van der Waals surface area contributed by atoms with Crippen LogP contribution in [0.5, 0.6) is 5.75 Å². The average Bonchev–Trinajstić information content (AvgIpc) is 2.32. The lowest BCUT2D eigenvalue weighted by molar-refractivity contribution is 0.199. The minimum absolute atomic E-state index is 0.176. The van der Waals surface area contributed by atoms with E-state index in [0.29, 0.717) is 17.9 Å². The molecule has 1 atom stereocenters. The number of nitrogens with two attached hydrogens (primary N) is 1. The van der Waals surface area contributed by atoms with Crippen LogP contribution in [-0.2, 0) is 6.54 Å². The molecule has 0 aromatic heterocycles. The summed E-state index contributed by atoms with van der Waals surface area (Å²) in [4.78, 5) is 2.20. The van der Waals surface area contributed by atoms with Crippen molar-refractivity contribution in [2.45, 2.75) is 25.4 Å². The van der Waals surface area contributed by atoms with E-state index in [9.17, 15) is 4.39 Å². The highest BCUT2D eigenvalue weighted by atomic mass is 19.1. The van der Waals surface area contributed by atoms with Crippen molar-refractivity contribution in [2.24, 2.45) is 5.73 Å². The number of methoxy groups -OCH3 is 1. The van der Waals surface area contributed by atoms with Crippen LogP contribution < -0.4 is 10.5 Å². The molecule has 0 radical (unpaired) electrons. The average molecular weight is 238 g/mol. The van der Waals surface area contributed by atoms with Crippen LogP contribution in [0.1, 0.15) is 18.4 Å². The van der Waals surface area contributed by atoms with E-state index in [1.54, 1.807) is 19.2 Å². The molecule has 94 valence electrons. The van der Waals surface area contributed by atoms with E-state index >= 15 is 0 Å².